The highest BCUT2D eigenvalue weighted by Crippen LogP contribution is 2.29. The zero-order valence-electron chi connectivity index (χ0n) is 21.4. The fraction of sp³-hybridized carbons (Fsp3) is 0.818. The van der Waals surface area contributed by atoms with Gasteiger partial charge in [0.25, 0.3) is 0 Å². The Morgan fingerprint density at radius 3 is 0.889 bits per heavy atom. The lowest BCUT2D eigenvalue weighted by atomic mass is 10.0. The number of halogens is 4. The molecular formula is C22H34Br4O10. The van der Waals surface area contributed by atoms with E-state index < -0.39 is 78.8 Å². The Hall–Kier alpha value is -0.280. The number of carbonyl (C=O) groups is 4. The molecule has 0 fully saturated rings. The van der Waals surface area contributed by atoms with E-state index >= 15 is 0 Å². The molecule has 10 nitrogen and oxygen atoms in total. The van der Waals surface area contributed by atoms with Crippen LogP contribution >= 0.6 is 63.7 Å². The molecule has 0 aromatic carbocycles. The Kier molecular flexibility index (Phi) is 13.6. The van der Waals surface area contributed by atoms with E-state index in [4.69, 9.17) is 18.9 Å². The van der Waals surface area contributed by atoms with E-state index in [1.165, 1.54) is 55.4 Å². The molecule has 14 heteroatoms. The van der Waals surface area contributed by atoms with Gasteiger partial charge in [-0.3, -0.25) is 19.2 Å². The first-order valence-electron chi connectivity index (χ1n) is 10.8. The molecule has 0 aliphatic heterocycles. The Labute approximate surface area is 245 Å². The number of rotatable bonds is 13. The summed E-state index contributed by atoms with van der Waals surface area (Å²) in [4.78, 5) is 50.8. The maximum absolute atomic E-state index is 12.8. The first kappa shape index (κ1) is 35.7. The maximum Gasteiger partial charge on any atom is 0.322 e. The van der Waals surface area contributed by atoms with Crippen LogP contribution in [0.2, 0.25) is 0 Å². The van der Waals surface area contributed by atoms with E-state index in [1.54, 1.807) is 0 Å². The summed E-state index contributed by atoms with van der Waals surface area (Å²) in [6, 6.07) is 0. The van der Waals surface area contributed by atoms with Gasteiger partial charge in [-0.05, 0) is 55.4 Å². The Balaban J connectivity index is 6.77. The van der Waals surface area contributed by atoms with Crippen LogP contribution in [0.5, 0.6) is 0 Å². The summed E-state index contributed by atoms with van der Waals surface area (Å²) in [5.41, 5.74) is 0. The predicted octanol–water partition coefficient (Wildman–Crippen LogP) is 3.31. The third kappa shape index (κ3) is 11.6. The number of hydrogen-bond acceptors (Lipinski definition) is 10. The minimum atomic E-state index is -1.69. The number of esters is 4. The van der Waals surface area contributed by atoms with E-state index in [0.29, 0.717) is 0 Å². The minimum Gasteiger partial charge on any atom is -0.455 e. The van der Waals surface area contributed by atoms with Crippen LogP contribution in [-0.2, 0) is 38.1 Å². The molecule has 0 aliphatic rings. The molecule has 0 saturated heterocycles. The smallest absolute Gasteiger partial charge is 0.322 e. The highest BCUT2D eigenvalue weighted by Gasteiger charge is 2.48. The number of aliphatic hydroxyl groups excluding tert-OH is 2. The number of carbonyl (C=O) groups excluding carboxylic acids is 4. The SMILES string of the molecule is CC(C)(Br)C(=O)OC(CO)C(OC(=O)C(C)(C)Br)C(OC(=O)C(C)(C)Br)C(CO)OC(=O)C(C)(C)Br. The molecule has 4 unspecified atom stereocenters. The molecule has 0 rings (SSSR count). The van der Waals surface area contributed by atoms with Crippen molar-refractivity contribution >= 4 is 87.6 Å². The van der Waals surface area contributed by atoms with Crippen LogP contribution in [0.3, 0.4) is 0 Å². The molecule has 0 spiro atoms. The summed E-state index contributed by atoms with van der Waals surface area (Å²) < 4.78 is 17.1. The highest BCUT2D eigenvalue weighted by molar-refractivity contribution is 9.10. The van der Waals surface area contributed by atoms with Gasteiger partial charge in [-0.15, -0.1) is 0 Å². The van der Waals surface area contributed by atoms with Gasteiger partial charge in [0.2, 0.25) is 0 Å². The van der Waals surface area contributed by atoms with Crippen LogP contribution < -0.4 is 0 Å². The van der Waals surface area contributed by atoms with Crippen molar-refractivity contribution in [3.8, 4) is 0 Å². The van der Waals surface area contributed by atoms with Crippen molar-refractivity contribution in [1.82, 2.24) is 0 Å². The maximum atomic E-state index is 12.8. The number of hydrogen-bond donors (Lipinski definition) is 2. The van der Waals surface area contributed by atoms with Crippen LogP contribution in [0.1, 0.15) is 55.4 Å². The standard InChI is InChI=1S/C22H34Br4O10/c1-19(2,23)15(29)33-11(9-27)13(35-17(31)21(5,6)25)14(36-18(32)22(7,8)26)12(10-28)34-16(30)20(3,4)24/h11-14,27-28H,9-10H2,1-8H3. The van der Waals surface area contributed by atoms with E-state index in [-0.39, 0.29) is 0 Å². The summed E-state index contributed by atoms with van der Waals surface area (Å²) >= 11 is 12.7. The second-order valence-corrected chi connectivity index (χ2v) is 17.8. The van der Waals surface area contributed by atoms with E-state index in [9.17, 15) is 29.4 Å². The minimum absolute atomic E-state index is 0.828. The lowest BCUT2D eigenvalue weighted by molar-refractivity contribution is -0.208. The van der Waals surface area contributed by atoms with Crippen LogP contribution in [-0.4, -0.2) is 89.0 Å². The Morgan fingerprint density at radius 2 is 0.722 bits per heavy atom. The second kappa shape index (κ2) is 13.7. The first-order valence-corrected chi connectivity index (χ1v) is 14.0. The van der Waals surface area contributed by atoms with Crippen molar-refractivity contribution in [1.29, 1.82) is 0 Å². The van der Waals surface area contributed by atoms with Gasteiger partial charge in [0.05, 0.1) is 13.2 Å². The van der Waals surface area contributed by atoms with Crippen molar-refractivity contribution in [3.05, 3.63) is 0 Å². The quantitative estimate of drug-likeness (QED) is 0.162. The Morgan fingerprint density at radius 1 is 0.528 bits per heavy atom. The molecule has 0 aromatic rings. The van der Waals surface area contributed by atoms with Gasteiger partial charge in [0.15, 0.2) is 24.4 Å². The predicted molar refractivity (Wildman–Crippen MR) is 146 cm³/mol. The summed E-state index contributed by atoms with van der Waals surface area (Å²) in [5, 5.41) is 20.2. The molecule has 0 amide bonds. The number of aliphatic hydroxyl groups is 2. The van der Waals surface area contributed by atoms with Gasteiger partial charge in [-0.2, -0.15) is 0 Å². The molecule has 0 aliphatic carbocycles. The third-order valence-corrected chi connectivity index (χ3v) is 5.66. The zero-order valence-corrected chi connectivity index (χ0v) is 27.7. The van der Waals surface area contributed by atoms with Crippen molar-refractivity contribution in [2.24, 2.45) is 0 Å². The molecule has 210 valence electrons. The average Bonchev–Trinajstić information content (AvgIpc) is 2.69. The Bertz CT molecular complexity index is 725. The van der Waals surface area contributed by atoms with Crippen LogP contribution in [0.15, 0.2) is 0 Å². The largest absolute Gasteiger partial charge is 0.455 e. The second-order valence-electron chi connectivity index (χ2n) is 9.88. The molecule has 0 saturated carbocycles. The molecule has 4 atom stereocenters. The fourth-order valence-electron chi connectivity index (χ4n) is 2.21. The van der Waals surface area contributed by atoms with Crippen LogP contribution in [0, 0.1) is 0 Å². The van der Waals surface area contributed by atoms with Crippen molar-refractivity contribution in [3.63, 3.8) is 0 Å². The van der Waals surface area contributed by atoms with Crippen LogP contribution in [0.25, 0.3) is 0 Å². The number of alkyl halides is 4. The normalized spacial score (nSPS) is 16.3. The first-order chi connectivity index (χ1) is 16.0. The van der Waals surface area contributed by atoms with Crippen molar-refractivity contribution < 1.29 is 48.3 Å². The van der Waals surface area contributed by atoms with Gasteiger partial charge >= 0.3 is 23.9 Å². The molecule has 2 N–H and O–H groups in total. The zero-order chi connectivity index (χ0) is 28.9. The number of ether oxygens (including phenoxy) is 4. The van der Waals surface area contributed by atoms with E-state index in [2.05, 4.69) is 63.7 Å². The average molecular weight is 778 g/mol. The van der Waals surface area contributed by atoms with Gasteiger partial charge in [-0.1, -0.05) is 63.7 Å². The molecule has 0 heterocycles. The van der Waals surface area contributed by atoms with Gasteiger partial charge < -0.3 is 29.2 Å². The molecule has 0 aromatic heterocycles. The van der Waals surface area contributed by atoms with Crippen molar-refractivity contribution in [2.75, 3.05) is 13.2 Å². The molecule has 36 heavy (non-hydrogen) atoms. The lowest BCUT2D eigenvalue weighted by Crippen LogP contribution is -2.56. The van der Waals surface area contributed by atoms with Crippen LogP contribution in [0.4, 0.5) is 0 Å². The lowest BCUT2D eigenvalue weighted by Gasteiger charge is -2.37. The van der Waals surface area contributed by atoms with Gasteiger partial charge in [0, 0.05) is 0 Å². The monoisotopic (exact) mass is 774 g/mol. The summed E-state index contributed by atoms with van der Waals surface area (Å²) in [6.07, 6.45) is -6.54. The summed E-state index contributed by atoms with van der Waals surface area (Å²) in [5.74, 6) is -3.40. The summed E-state index contributed by atoms with van der Waals surface area (Å²) in [6.45, 7) is 10.2. The van der Waals surface area contributed by atoms with Gasteiger partial charge in [-0.25, -0.2) is 0 Å². The molecule has 0 radical (unpaired) electrons. The van der Waals surface area contributed by atoms with Crippen molar-refractivity contribution in [2.45, 2.75) is 97.1 Å². The molecular weight excluding hydrogens is 744 g/mol. The molecule has 0 bridgehead atoms. The highest BCUT2D eigenvalue weighted by atomic mass is 79.9. The fourth-order valence-corrected chi connectivity index (χ4v) is 2.58. The van der Waals surface area contributed by atoms with E-state index in [1.807, 2.05) is 0 Å². The topological polar surface area (TPSA) is 146 Å². The summed E-state index contributed by atoms with van der Waals surface area (Å²) in [7, 11) is 0. The third-order valence-electron chi connectivity index (χ3n) is 4.36. The van der Waals surface area contributed by atoms with Gasteiger partial charge in [0.1, 0.15) is 17.3 Å². The van der Waals surface area contributed by atoms with E-state index in [0.717, 1.165) is 0 Å².